The molecule has 0 radical (unpaired) electrons. The molecular weight excluding hydrogens is 230 g/mol. The van der Waals surface area contributed by atoms with Gasteiger partial charge in [0.05, 0.1) is 16.3 Å². The summed E-state index contributed by atoms with van der Waals surface area (Å²) in [6.45, 7) is 8.70. The van der Waals surface area contributed by atoms with Gasteiger partial charge in [0.25, 0.3) is 0 Å². The Morgan fingerprint density at radius 1 is 1.35 bits per heavy atom. The molecule has 3 unspecified atom stereocenters. The lowest BCUT2D eigenvalue weighted by molar-refractivity contribution is -0.0279. The van der Waals surface area contributed by atoms with Gasteiger partial charge >= 0.3 is 0 Å². The molecule has 0 saturated heterocycles. The summed E-state index contributed by atoms with van der Waals surface area (Å²) < 4.78 is 0. The van der Waals surface area contributed by atoms with Crippen LogP contribution in [0.2, 0.25) is 0 Å². The summed E-state index contributed by atoms with van der Waals surface area (Å²) in [4.78, 5) is 5.83. The van der Waals surface area contributed by atoms with Crippen LogP contribution in [0.3, 0.4) is 0 Å². The SMILES string of the molecule is Cc1nc(CC2(O)CCC(C)C(C)C2)sc1C. The van der Waals surface area contributed by atoms with Gasteiger partial charge in [-0.05, 0) is 44.9 Å². The van der Waals surface area contributed by atoms with Crippen molar-refractivity contribution in [1.82, 2.24) is 4.98 Å². The van der Waals surface area contributed by atoms with Crippen molar-refractivity contribution < 1.29 is 5.11 Å². The molecule has 1 saturated carbocycles. The summed E-state index contributed by atoms with van der Waals surface area (Å²) in [5.74, 6) is 1.37. The highest BCUT2D eigenvalue weighted by molar-refractivity contribution is 7.11. The normalized spacial score (nSPS) is 33.9. The number of hydrogen-bond donors (Lipinski definition) is 1. The number of aliphatic hydroxyl groups is 1. The van der Waals surface area contributed by atoms with Crippen LogP contribution in [-0.2, 0) is 6.42 Å². The Hall–Kier alpha value is -0.410. The molecule has 2 rings (SSSR count). The van der Waals surface area contributed by atoms with E-state index in [2.05, 4.69) is 25.8 Å². The van der Waals surface area contributed by atoms with Crippen molar-refractivity contribution in [3.05, 3.63) is 15.6 Å². The molecule has 1 N–H and O–H groups in total. The molecule has 1 aromatic rings. The fraction of sp³-hybridized carbons (Fsp3) is 0.786. The minimum atomic E-state index is -0.511. The Morgan fingerprint density at radius 2 is 2.06 bits per heavy atom. The van der Waals surface area contributed by atoms with Gasteiger partial charge in [-0.1, -0.05) is 13.8 Å². The van der Waals surface area contributed by atoms with Gasteiger partial charge in [0.1, 0.15) is 0 Å². The summed E-state index contributed by atoms with van der Waals surface area (Å²) >= 11 is 1.74. The average Bonchev–Trinajstić information content (AvgIpc) is 2.52. The zero-order valence-corrected chi connectivity index (χ0v) is 12.1. The van der Waals surface area contributed by atoms with E-state index in [9.17, 15) is 5.11 Å². The van der Waals surface area contributed by atoms with Crippen LogP contribution in [0, 0.1) is 25.7 Å². The van der Waals surface area contributed by atoms with Crippen LogP contribution in [0.15, 0.2) is 0 Å². The molecule has 3 atom stereocenters. The van der Waals surface area contributed by atoms with Crippen molar-refractivity contribution in [2.24, 2.45) is 11.8 Å². The second-order valence-corrected chi connectivity index (χ2v) is 7.14. The molecule has 0 bridgehead atoms. The third-order valence-corrected chi connectivity index (χ3v) is 5.36. The fourth-order valence-electron chi connectivity index (χ4n) is 2.74. The topological polar surface area (TPSA) is 33.1 Å². The van der Waals surface area contributed by atoms with E-state index in [0.29, 0.717) is 5.92 Å². The van der Waals surface area contributed by atoms with Crippen molar-refractivity contribution in [3.63, 3.8) is 0 Å². The van der Waals surface area contributed by atoms with Crippen LogP contribution in [-0.4, -0.2) is 15.7 Å². The third-order valence-electron chi connectivity index (χ3n) is 4.29. The lowest BCUT2D eigenvalue weighted by Gasteiger charge is -2.38. The largest absolute Gasteiger partial charge is 0.389 e. The second kappa shape index (κ2) is 4.69. The first-order valence-corrected chi connectivity index (χ1v) is 7.36. The number of thiazole rings is 1. The van der Waals surface area contributed by atoms with Crippen molar-refractivity contribution in [2.45, 2.75) is 59.0 Å². The third kappa shape index (κ3) is 2.89. The number of nitrogens with zero attached hydrogens (tertiary/aromatic N) is 1. The smallest absolute Gasteiger partial charge is 0.0959 e. The summed E-state index contributed by atoms with van der Waals surface area (Å²) in [6.07, 6.45) is 3.73. The standard InChI is InChI=1S/C14H23NOS/c1-9-5-6-14(16,7-10(9)2)8-13-15-11(3)12(4)17-13/h9-10,16H,5-8H2,1-4H3. The fourth-order valence-corrected chi connectivity index (χ4v) is 3.81. The van der Waals surface area contributed by atoms with Gasteiger partial charge in [-0.3, -0.25) is 0 Å². The first-order chi connectivity index (χ1) is 7.89. The van der Waals surface area contributed by atoms with E-state index in [4.69, 9.17) is 0 Å². The predicted molar refractivity (Wildman–Crippen MR) is 72.4 cm³/mol. The minimum absolute atomic E-state index is 0.511. The quantitative estimate of drug-likeness (QED) is 0.875. The molecule has 0 aliphatic heterocycles. The highest BCUT2D eigenvalue weighted by atomic mass is 32.1. The van der Waals surface area contributed by atoms with E-state index in [-0.39, 0.29) is 0 Å². The Morgan fingerprint density at radius 3 is 2.59 bits per heavy atom. The second-order valence-electron chi connectivity index (χ2n) is 5.85. The van der Waals surface area contributed by atoms with E-state index in [1.807, 2.05) is 6.92 Å². The molecule has 1 fully saturated rings. The average molecular weight is 253 g/mol. The van der Waals surface area contributed by atoms with E-state index in [0.717, 1.165) is 42.3 Å². The first kappa shape index (κ1) is 13.0. The summed E-state index contributed by atoms with van der Waals surface area (Å²) in [6, 6.07) is 0. The number of hydrogen-bond acceptors (Lipinski definition) is 3. The van der Waals surface area contributed by atoms with Crippen LogP contribution in [0.5, 0.6) is 0 Å². The highest BCUT2D eigenvalue weighted by Crippen LogP contribution is 2.38. The maximum Gasteiger partial charge on any atom is 0.0959 e. The Kier molecular flexibility index (Phi) is 3.60. The monoisotopic (exact) mass is 253 g/mol. The summed E-state index contributed by atoms with van der Waals surface area (Å²) in [7, 11) is 0. The van der Waals surface area contributed by atoms with Crippen LogP contribution in [0.25, 0.3) is 0 Å². The van der Waals surface area contributed by atoms with E-state index in [1.54, 1.807) is 11.3 Å². The van der Waals surface area contributed by atoms with Crippen molar-refractivity contribution in [2.75, 3.05) is 0 Å². The summed E-state index contributed by atoms with van der Waals surface area (Å²) in [5, 5.41) is 11.8. The molecule has 0 spiro atoms. The van der Waals surface area contributed by atoms with Crippen LogP contribution >= 0.6 is 11.3 Å². The number of rotatable bonds is 2. The van der Waals surface area contributed by atoms with Gasteiger partial charge in [0.2, 0.25) is 0 Å². The van der Waals surface area contributed by atoms with Crippen LogP contribution < -0.4 is 0 Å². The zero-order valence-electron chi connectivity index (χ0n) is 11.3. The van der Waals surface area contributed by atoms with E-state index < -0.39 is 5.60 Å². The maximum absolute atomic E-state index is 10.7. The highest BCUT2D eigenvalue weighted by Gasteiger charge is 2.36. The van der Waals surface area contributed by atoms with Crippen molar-refractivity contribution >= 4 is 11.3 Å². The lowest BCUT2D eigenvalue weighted by Crippen LogP contribution is -2.39. The van der Waals surface area contributed by atoms with Gasteiger partial charge in [-0.15, -0.1) is 11.3 Å². The Labute approximate surface area is 108 Å². The maximum atomic E-state index is 10.7. The van der Waals surface area contributed by atoms with Crippen molar-refractivity contribution in [1.29, 1.82) is 0 Å². The Bertz CT molecular complexity index is 381. The van der Waals surface area contributed by atoms with E-state index >= 15 is 0 Å². The molecule has 17 heavy (non-hydrogen) atoms. The van der Waals surface area contributed by atoms with Gasteiger partial charge in [0.15, 0.2) is 0 Å². The molecule has 2 nitrogen and oxygen atoms in total. The van der Waals surface area contributed by atoms with Gasteiger partial charge < -0.3 is 5.11 Å². The Balaban J connectivity index is 2.07. The van der Waals surface area contributed by atoms with Gasteiger partial charge in [0, 0.05) is 11.3 Å². The first-order valence-electron chi connectivity index (χ1n) is 6.55. The summed E-state index contributed by atoms with van der Waals surface area (Å²) in [5.41, 5.74) is 0.605. The minimum Gasteiger partial charge on any atom is -0.389 e. The molecule has 1 heterocycles. The van der Waals surface area contributed by atoms with Crippen LogP contribution in [0.1, 0.15) is 48.7 Å². The molecule has 3 heteroatoms. The van der Waals surface area contributed by atoms with Gasteiger partial charge in [-0.25, -0.2) is 4.98 Å². The molecule has 96 valence electrons. The number of aromatic nitrogens is 1. The molecule has 0 aromatic carbocycles. The van der Waals surface area contributed by atoms with Crippen LogP contribution in [0.4, 0.5) is 0 Å². The molecule has 1 aliphatic rings. The molecule has 0 amide bonds. The van der Waals surface area contributed by atoms with Gasteiger partial charge in [-0.2, -0.15) is 0 Å². The predicted octanol–water partition coefficient (Wildman–Crippen LogP) is 3.49. The number of aryl methyl sites for hydroxylation is 2. The van der Waals surface area contributed by atoms with E-state index in [1.165, 1.54) is 4.88 Å². The molecular formula is C14H23NOS. The van der Waals surface area contributed by atoms with Crippen molar-refractivity contribution in [3.8, 4) is 0 Å². The molecule has 1 aliphatic carbocycles. The molecule has 1 aromatic heterocycles. The lowest BCUT2D eigenvalue weighted by atomic mass is 9.72. The zero-order chi connectivity index (χ0) is 12.6.